The van der Waals surface area contributed by atoms with Gasteiger partial charge in [-0.2, -0.15) is 0 Å². The average Bonchev–Trinajstić information content (AvgIpc) is 3.08. The zero-order valence-corrected chi connectivity index (χ0v) is 18.6. The Kier molecular flexibility index (Phi) is 6.48. The van der Waals surface area contributed by atoms with Crippen molar-refractivity contribution in [2.45, 2.75) is 0 Å². The molecule has 3 rings (SSSR count). The number of aromatic nitrogens is 1. The predicted molar refractivity (Wildman–Crippen MR) is 114 cm³/mol. The van der Waals surface area contributed by atoms with Crippen molar-refractivity contribution in [1.29, 1.82) is 0 Å². The van der Waals surface area contributed by atoms with Gasteiger partial charge in [0, 0.05) is 11.1 Å². The van der Waals surface area contributed by atoms with Crippen LogP contribution in [0.4, 0.5) is 0 Å². The van der Waals surface area contributed by atoms with Gasteiger partial charge < -0.3 is 4.74 Å². The zero-order chi connectivity index (χ0) is 19.9. The highest BCUT2D eigenvalue weighted by Gasteiger charge is 2.25. The van der Waals surface area contributed by atoms with Crippen molar-refractivity contribution in [3.05, 3.63) is 59.3 Å². The van der Waals surface area contributed by atoms with Crippen molar-refractivity contribution >= 4 is 86.9 Å². The molecule has 27 heavy (non-hydrogen) atoms. The minimum absolute atomic E-state index is 0.161. The zero-order valence-electron chi connectivity index (χ0n) is 13.2. The molecule has 0 aliphatic carbocycles. The van der Waals surface area contributed by atoms with Crippen molar-refractivity contribution in [3.8, 4) is 21.8 Å². The van der Waals surface area contributed by atoms with Gasteiger partial charge in [-0.25, -0.2) is 9.78 Å². The normalized spacial score (nSPS) is 10.9. The standard InChI is InChI=1S/C17H7Cl6NO2S/c1-26-17(25)15-14(6-2-4-8(18)12(22)10(6)20)24-16(27-15)7-3-5-9(19)13(23)11(7)21/h2-5H,1H3. The molecular weight excluding hydrogens is 495 g/mol. The number of halogens is 6. The first-order valence-corrected chi connectivity index (χ1v) is 10.2. The Morgan fingerprint density at radius 2 is 1.37 bits per heavy atom. The fourth-order valence-corrected chi connectivity index (χ4v) is 4.58. The molecule has 1 heterocycles. The number of carbonyl (C=O) groups excluding carboxylic acids is 1. The Labute approximate surface area is 188 Å². The maximum atomic E-state index is 12.3. The maximum absolute atomic E-state index is 12.3. The lowest BCUT2D eigenvalue weighted by atomic mass is 10.1. The van der Waals surface area contributed by atoms with Crippen LogP contribution in [0.5, 0.6) is 0 Å². The Morgan fingerprint density at radius 3 is 1.93 bits per heavy atom. The van der Waals surface area contributed by atoms with E-state index < -0.39 is 5.97 Å². The smallest absolute Gasteiger partial charge is 0.350 e. The number of rotatable bonds is 3. The van der Waals surface area contributed by atoms with E-state index in [9.17, 15) is 4.79 Å². The number of carbonyl (C=O) groups is 1. The lowest BCUT2D eigenvalue weighted by Crippen LogP contribution is -2.00. The summed E-state index contributed by atoms with van der Waals surface area (Å²) in [6, 6.07) is 6.45. The third-order valence-electron chi connectivity index (χ3n) is 3.55. The van der Waals surface area contributed by atoms with Gasteiger partial charge in [-0.1, -0.05) is 69.6 Å². The fourth-order valence-electron chi connectivity index (χ4n) is 2.25. The third-order valence-corrected chi connectivity index (χ3v) is 7.21. The highest BCUT2D eigenvalue weighted by molar-refractivity contribution is 7.17. The van der Waals surface area contributed by atoms with Gasteiger partial charge in [0.1, 0.15) is 9.88 Å². The van der Waals surface area contributed by atoms with Gasteiger partial charge in [-0.3, -0.25) is 0 Å². The van der Waals surface area contributed by atoms with Crippen molar-refractivity contribution in [3.63, 3.8) is 0 Å². The molecule has 0 saturated carbocycles. The van der Waals surface area contributed by atoms with E-state index in [-0.39, 0.29) is 30.0 Å². The number of esters is 1. The van der Waals surface area contributed by atoms with Crippen molar-refractivity contribution < 1.29 is 9.53 Å². The number of hydrogen-bond acceptors (Lipinski definition) is 4. The third kappa shape index (κ3) is 3.90. The number of hydrogen-bond donors (Lipinski definition) is 0. The second kappa shape index (κ2) is 8.34. The van der Waals surface area contributed by atoms with Gasteiger partial charge in [0.2, 0.25) is 0 Å². The molecule has 0 atom stereocenters. The monoisotopic (exact) mass is 499 g/mol. The number of thiazole rings is 1. The average molecular weight is 502 g/mol. The van der Waals surface area contributed by atoms with Gasteiger partial charge in [0.15, 0.2) is 0 Å². The van der Waals surface area contributed by atoms with Crippen LogP contribution in [0, 0.1) is 0 Å². The summed E-state index contributed by atoms with van der Waals surface area (Å²) in [4.78, 5) is 17.0. The molecule has 3 aromatic rings. The van der Waals surface area contributed by atoms with E-state index in [0.29, 0.717) is 26.9 Å². The molecule has 0 N–H and O–H groups in total. The molecule has 2 aromatic carbocycles. The second-order valence-corrected chi connectivity index (χ2v) is 8.46. The minimum atomic E-state index is -0.577. The van der Waals surface area contributed by atoms with Crippen LogP contribution in [0.15, 0.2) is 24.3 Å². The van der Waals surface area contributed by atoms with Gasteiger partial charge >= 0.3 is 5.97 Å². The van der Waals surface area contributed by atoms with E-state index >= 15 is 0 Å². The van der Waals surface area contributed by atoms with Crippen LogP contribution in [0.25, 0.3) is 21.8 Å². The molecule has 0 aliphatic rings. The molecule has 0 fully saturated rings. The minimum Gasteiger partial charge on any atom is -0.465 e. The highest BCUT2D eigenvalue weighted by atomic mass is 35.5. The molecule has 0 saturated heterocycles. The van der Waals surface area contributed by atoms with Crippen molar-refractivity contribution in [2.24, 2.45) is 0 Å². The molecule has 0 aliphatic heterocycles. The van der Waals surface area contributed by atoms with Gasteiger partial charge in [-0.05, 0) is 24.3 Å². The summed E-state index contributed by atoms with van der Waals surface area (Å²) < 4.78 is 4.86. The number of methoxy groups -OCH3 is 1. The lowest BCUT2D eigenvalue weighted by molar-refractivity contribution is 0.0607. The maximum Gasteiger partial charge on any atom is 0.350 e. The Morgan fingerprint density at radius 1 is 0.852 bits per heavy atom. The van der Waals surface area contributed by atoms with E-state index in [2.05, 4.69) is 4.98 Å². The lowest BCUT2D eigenvalue weighted by Gasteiger charge is -2.06. The first-order chi connectivity index (χ1) is 12.8. The van der Waals surface area contributed by atoms with Crippen LogP contribution in [0.3, 0.4) is 0 Å². The van der Waals surface area contributed by atoms with Crippen LogP contribution in [0.1, 0.15) is 9.67 Å². The van der Waals surface area contributed by atoms with Crippen LogP contribution in [0.2, 0.25) is 30.1 Å². The molecule has 0 amide bonds. The molecule has 10 heteroatoms. The van der Waals surface area contributed by atoms with Crippen LogP contribution in [-0.2, 0) is 4.74 Å². The summed E-state index contributed by atoms with van der Waals surface area (Å²) in [7, 11) is 1.27. The summed E-state index contributed by atoms with van der Waals surface area (Å²) >= 11 is 37.9. The highest BCUT2D eigenvalue weighted by Crippen LogP contribution is 2.44. The molecule has 0 bridgehead atoms. The van der Waals surface area contributed by atoms with Crippen LogP contribution < -0.4 is 0 Å². The van der Waals surface area contributed by atoms with Crippen LogP contribution >= 0.6 is 80.9 Å². The van der Waals surface area contributed by atoms with E-state index in [4.69, 9.17) is 74.3 Å². The fraction of sp³-hybridized carbons (Fsp3) is 0.0588. The van der Waals surface area contributed by atoms with Crippen LogP contribution in [-0.4, -0.2) is 18.1 Å². The number of nitrogens with zero attached hydrogens (tertiary/aromatic N) is 1. The number of ether oxygens (including phenoxy) is 1. The Balaban J connectivity index is 2.26. The number of benzene rings is 2. The van der Waals surface area contributed by atoms with Gasteiger partial charge in [-0.15, -0.1) is 11.3 Å². The first-order valence-electron chi connectivity index (χ1n) is 7.13. The van der Waals surface area contributed by atoms with Gasteiger partial charge in [0.05, 0.1) is 42.9 Å². The largest absolute Gasteiger partial charge is 0.465 e. The molecular formula is C17H7Cl6NO2S. The topological polar surface area (TPSA) is 39.2 Å². The van der Waals surface area contributed by atoms with E-state index in [0.717, 1.165) is 11.3 Å². The Bertz CT molecular complexity index is 1070. The van der Waals surface area contributed by atoms with E-state index in [1.165, 1.54) is 7.11 Å². The first kappa shape index (κ1) is 21.0. The Hall–Kier alpha value is -0.720. The van der Waals surface area contributed by atoms with Crippen molar-refractivity contribution in [2.75, 3.05) is 7.11 Å². The SMILES string of the molecule is COC(=O)c1sc(-c2ccc(Cl)c(Cl)c2Cl)nc1-c1ccc(Cl)c(Cl)c1Cl. The molecule has 0 unspecified atom stereocenters. The summed E-state index contributed by atoms with van der Waals surface area (Å²) in [5.41, 5.74) is 1.25. The predicted octanol–water partition coefficient (Wildman–Crippen LogP) is 8.18. The quantitative estimate of drug-likeness (QED) is 0.268. The van der Waals surface area contributed by atoms with E-state index in [1.54, 1.807) is 24.3 Å². The molecule has 1 aromatic heterocycles. The summed E-state index contributed by atoms with van der Waals surface area (Å²) in [6.45, 7) is 0. The van der Waals surface area contributed by atoms with E-state index in [1.807, 2.05) is 0 Å². The van der Waals surface area contributed by atoms with Crippen molar-refractivity contribution in [1.82, 2.24) is 4.98 Å². The molecule has 140 valence electrons. The molecule has 0 radical (unpaired) electrons. The molecule has 3 nitrogen and oxygen atoms in total. The summed E-state index contributed by atoms with van der Waals surface area (Å²) in [5, 5.41) is 1.79. The summed E-state index contributed by atoms with van der Waals surface area (Å²) in [5.74, 6) is -0.577. The second-order valence-electron chi connectivity index (χ2n) is 5.13. The summed E-state index contributed by atoms with van der Waals surface area (Å²) in [6.07, 6.45) is 0. The molecule has 0 spiro atoms. The van der Waals surface area contributed by atoms with Gasteiger partial charge in [0.25, 0.3) is 0 Å².